The average Bonchev–Trinajstić information content (AvgIpc) is 3.03. The lowest BCUT2D eigenvalue weighted by Gasteiger charge is -2.24. The van der Waals surface area contributed by atoms with E-state index >= 15 is 0 Å². The molecule has 0 bridgehead atoms. The number of rotatable bonds is 12. The number of carbonyl (C=O) groups is 2. The summed E-state index contributed by atoms with van der Waals surface area (Å²) in [6.07, 6.45) is 9.34. The summed E-state index contributed by atoms with van der Waals surface area (Å²) in [5, 5.41) is 9.74. The van der Waals surface area contributed by atoms with Crippen LogP contribution in [0.25, 0.3) is 0 Å². The van der Waals surface area contributed by atoms with E-state index in [0.29, 0.717) is 18.4 Å². The van der Waals surface area contributed by atoms with Crippen LogP contribution in [0.2, 0.25) is 0 Å². The molecule has 0 aromatic heterocycles. The Kier molecular flexibility index (Phi) is 9.21. The normalized spacial score (nSPS) is 20.4. The van der Waals surface area contributed by atoms with Crippen molar-refractivity contribution in [2.45, 2.75) is 70.3 Å². The monoisotopic (exact) mass is 388 g/mol. The number of aryl methyl sites for hydroxylation is 1. The fourth-order valence-electron chi connectivity index (χ4n) is 3.30. The van der Waals surface area contributed by atoms with Crippen LogP contribution in [0, 0.1) is 0 Å². The Morgan fingerprint density at radius 3 is 2.71 bits per heavy atom. The van der Waals surface area contributed by atoms with E-state index in [1.165, 1.54) is 18.4 Å². The summed E-state index contributed by atoms with van der Waals surface area (Å²) in [6.45, 7) is 1.70. The van der Waals surface area contributed by atoms with Crippen LogP contribution in [0.15, 0.2) is 42.0 Å². The molecule has 0 saturated carbocycles. The summed E-state index contributed by atoms with van der Waals surface area (Å²) >= 11 is 0. The molecule has 1 fully saturated rings. The van der Waals surface area contributed by atoms with Crippen LogP contribution in [-0.4, -0.2) is 35.9 Å². The molecule has 0 spiro atoms. The predicted octanol–water partition coefficient (Wildman–Crippen LogP) is 4.13. The molecule has 0 radical (unpaired) electrons. The van der Waals surface area contributed by atoms with Gasteiger partial charge < -0.3 is 14.6 Å². The number of cyclic esters (lactones) is 1. The molecule has 154 valence electrons. The number of unbranched alkanes of at least 4 members (excludes halogenated alkanes) is 4. The summed E-state index contributed by atoms with van der Waals surface area (Å²) in [6, 6.07) is 9.97. The number of hydrogen-bond donors (Lipinski definition) is 1. The zero-order chi connectivity index (χ0) is 20.2. The minimum Gasteiger partial charge on any atom is -0.461 e. The quantitative estimate of drug-likeness (QED) is 0.331. The Morgan fingerprint density at radius 2 is 2.00 bits per heavy atom. The number of hydrogen-bond acceptors (Lipinski definition) is 5. The van der Waals surface area contributed by atoms with Crippen LogP contribution in [0.1, 0.15) is 63.9 Å². The average molecular weight is 389 g/mol. The highest BCUT2D eigenvalue weighted by molar-refractivity contribution is 5.91. The van der Waals surface area contributed by atoms with Gasteiger partial charge in [-0.15, -0.1) is 0 Å². The van der Waals surface area contributed by atoms with Crippen molar-refractivity contribution in [2.24, 2.45) is 0 Å². The van der Waals surface area contributed by atoms with Gasteiger partial charge in [0.05, 0.1) is 6.61 Å². The number of aliphatic hydroxyl groups excluding tert-OH is 1. The summed E-state index contributed by atoms with van der Waals surface area (Å²) in [5.74, 6) is -0.749. The highest BCUT2D eigenvalue weighted by Crippen LogP contribution is 2.31. The van der Waals surface area contributed by atoms with Gasteiger partial charge in [-0.2, -0.15) is 0 Å². The zero-order valence-electron chi connectivity index (χ0n) is 16.8. The molecule has 1 N–H and O–H groups in total. The molecule has 5 nitrogen and oxygen atoms in total. The van der Waals surface area contributed by atoms with Crippen LogP contribution < -0.4 is 0 Å². The molecule has 1 heterocycles. The molecule has 1 unspecified atom stereocenters. The lowest BCUT2D eigenvalue weighted by Crippen LogP contribution is -2.39. The van der Waals surface area contributed by atoms with Gasteiger partial charge in [0.2, 0.25) is 0 Å². The van der Waals surface area contributed by atoms with Crippen molar-refractivity contribution in [1.82, 2.24) is 0 Å². The van der Waals surface area contributed by atoms with Crippen molar-refractivity contribution in [1.29, 1.82) is 0 Å². The maximum absolute atomic E-state index is 12.1. The van der Waals surface area contributed by atoms with Gasteiger partial charge in [-0.05, 0) is 31.2 Å². The minimum atomic E-state index is -1.14. The maximum atomic E-state index is 12.1. The molecule has 5 heteroatoms. The molecular formula is C23H32O5. The second-order valence-electron chi connectivity index (χ2n) is 7.49. The largest absolute Gasteiger partial charge is 0.461 e. The Bertz CT molecular complexity index is 652. The molecule has 1 saturated heterocycles. The van der Waals surface area contributed by atoms with Gasteiger partial charge in [-0.1, -0.05) is 62.6 Å². The summed E-state index contributed by atoms with van der Waals surface area (Å²) in [7, 11) is 0. The number of ether oxygens (including phenoxy) is 2. The third kappa shape index (κ3) is 7.12. The van der Waals surface area contributed by atoms with E-state index in [4.69, 9.17) is 9.47 Å². The van der Waals surface area contributed by atoms with Crippen molar-refractivity contribution in [3.05, 3.63) is 47.5 Å². The van der Waals surface area contributed by atoms with Crippen molar-refractivity contribution >= 4 is 11.9 Å². The first kappa shape index (κ1) is 22.2. The molecule has 2 rings (SSSR count). The first-order valence-electron chi connectivity index (χ1n) is 10.3. The topological polar surface area (TPSA) is 72.8 Å². The molecule has 28 heavy (non-hydrogen) atoms. The van der Waals surface area contributed by atoms with Gasteiger partial charge in [-0.3, -0.25) is 4.79 Å². The van der Waals surface area contributed by atoms with E-state index in [0.717, 1.165) is 25.7 Å². The Hall–Kier alpha value is -2.14. The summed E-state index contributed by atoms with van der Waals surface area (Å²) in [5.41, 5.74) is 0.618. The van der Waals surface area contributed by atoms with E-state index in [1.807, 2.05) is 36.4 Å². The second kappa shape index (κ2) is 11.6. The Balaban J connectivity index is 1.75. The Labute approximate surface area is 167 Å². The SMILES string of the molecule is CCCCCC/C=C1\CC(CO)(COC(=O)CCCc2ccccc2)OC1=O. The highest BCUT2D eigenvalue weighted by Gasteiger charge is 2.44. The number of allylic oxidation sites excluding steroid dienone is 1. The van der Waals surface area contributed by atoms with E-state index in [2.05, 4.69) is 6.92 Å². The number of carbonyl (C=O) groups excluding carboxylic acids is 2. The number of benzene rings is 1. The molecule has 1 aliphatic rings. The van der Waals surface area contributed by atoms with Gasteiger partial charge in [-0.25, -0.2) is 4.79 Å². The number of aliphatic hydroxyl groups is 1. The van der Waals surface area contributed by atoms with Crippen LogP contribution in [0.3, 0.4) is 0 Å². The molecule has 0 aliphatic carbocycles. The van der Waals surface area contributed by atoms with Crippen LogP contribution in [0.5, 0.6) is 0 Å². The third-order valence-electron chi connectivity index (χ3n) is 5.01. The van der Waals surface area contributed by atoms with Crippen molar-refractivity contribution in [3.63, 3.8) is 0 Å². The fraction of sp³-hybridized carbons (Fsp3) is 0.565. The van der Waals surface area contributed by atoms with E-state index in [-0.39, 0.29) is 25.6 Å². The van der Waals surface area contributed by atoms with Crippen molar-refractivity contribution in [3.8, 4) is 0 Å². The third-order valence-corrected chi connectivity index (χ3v) is 5.01. The van der Waals surface area contributed by atoms with E-state index in [9.17, 15) is 14.7 Å². The van der Waals surface area contributed by atoms with E-state index < -0.39 is 11.6 Å². The highest BCUT2D eigenvalue weighted by atomic mass is 16.6. The van der Waals surface area contributed by atoms with Gasteiger partial charge >= 0.3 is 11.9 Å². The zero-order valence-corrected chi connectivity index (χ0v) is 16.8. The molecule has 1 aliphatic heterocycles. The van der Waals surface area contributed by atoms with Crippen molar-refractivity contribution in [2.75, 3.05) is 13.2 Å². The smallest absolute Gasteiger partial charge is 0.334 e. The lowest BCUT2D eigenvalue weighted by molar-refractivity contribution is -0.166. The number of esters is 2. The van der Waals surface area contributed by atoms with Crippen LogP contribution in [-0.2, 0) is 25.5 Å². The lowest BCUT2D eigenvalue weighted by atomic mass is 9.98. The molecular weight excluding hydrogens is 356 g/mol. The molecule has 1 aromatic carbocycles. The molecule has 1 atom stereocenters. The van der Waals surface area contributed by atoms with E-state index in [1.54, 1.807) is 0 Å². The molecule has 1 aromatic rings. The Morgan fingerprint density at radius 1 is 1.21 bits per heavy atom. The predicted molar refractivity (Wildman–Crippen MR) is 108 cm³/mol. The van der Waals surface area contributed by atoms with Gasteiger partial charge in [0.25, 0.3) is 0 Å². The minimum absolute atomic E-state index is 0.105. The standard InChI is InChI=1S/C23H32O5/c1-2-3-4-5-9-14-20-16-23(17-24,28-22(20)26)18-27-21(25)15-10-13-19-11-7-6-8-12-19/h6-8,11-12,14,24H,2-5,9-10,13,15-18H2,1H3/b20-14+. The van der Waals surface area contributed by atoms with Gasteiger partial charge in [0.15, 0.2) is 5.60 Å². The second-order valence-corrected chi connectivity index (χ2v) is 7.49. The van der Waals surface area contributed by atoms with Crippen LogP contribution in [0.4, 0.5) is 0 Å². The van der Waals surface area contributed by atoms with Crippen LogP contribution >= 0.6 is 0 Å². The fourth-order valence-corrected chi connectivity index (χ4v) is 3.30. The summed E-state index contributed by atoms with van der Waals surface area (Å²) in [4.78, 5) is 24.1. The van der Waals surface area contributed by atoms with Gasteiger partial charge in [0, 0.05) is 18.4 Å². The van der Waals surface area contributed by atoms with Gasteiger partial charge in [0.1, 0.15) is 6.61 Å². The first-order chi connectivity index (χ1) is 13.6. The molecule has 0 amide bonds. The first-order valence-corrected chi connectivity index (χ1v) is 10.3. The van der Waals surface area contributed by atoms with Crippen molar-refractivity contribution < 1.29 is 24.2 Å². The summed E-state index contributed by atoms with van der Waals surface area (Å²) < 4.78 is 10.7. The maximum Gasteiger partial charge on any atom is 0.334 e.